The van der Waals surface area contributed by atoms with Crippen LogP contribution in [0, 0.1) is 0 Å². The number of benzene rings is 1. The monoisotopic (exact) mass is 395 g/mol. The first-order valence-electron chi connectivity index (χ1n) is 8.59. The highest BCUT2D eigenvalue weighted by Crippen LogP contribution is 2.36. The van der Waals surface area contributed by atoms with E-state index in [2.05, 4.69) is 10.2 Å². The molecule has 0 spiro atoms. The third-order valence-electron chi connectivity index (χ3n) is 4.95. The second-order valence-electron chi connectivity index (χ2n) is 6.77. The quantitative estimate of drug-likeness (QED) is 0.783. The Bertz CT molecular complexity index is 665. The maximum atomic E-state index is 13.0. The van der Waals surface area contributed by atoms with Gasteiger partial charge in [0.05, 0.1) is 11.1 Å². The van der Waals surface area contributed by atoms with Crippen molar-refractivity contribution in [2.24, 2.45) is 0 Å². The molecule has 27 heavy (non-hydrogen) atoms. The predicted molar refractivity (Wildman–Crippen MR) is 85.2 cm³/mol. The van der Waals surface area contributed by atoms with Gasteiger partial charge in [-0.1, -0.05) is 0 Å². The summed E-state index contributed by atoms with van der Waals surface area (Å²) in [5.41, 5.74) is -3.53. The Morgan fingerprint density at radius 3 is 2.00 bits per heavy atom. The lowest BCUT2D eigenvalue weighted by molar-refractivity contribution is -0.143. The Morgan fingerprint density at radius 2 is 1.48 bits per heavy atom. The molecule has 0 aromatic heterocycles. The maximum absolute atomic E-state index is 13.0. The zero-order valence-corrected chi connectivity index (χ0v) is 14.3. The van der Waals surface area contributed by atoms with Crippen molar-refractivity contribution in [2.45, 2.75) is 24.8 Å². The summed E-state index contributed by atoms with van der Waals surface area (Å²) in [5.74, 6) is -0.802. The number of piperazine rings is 1. The minimum Gasteiger partial charge on any atom is -0.337 e. The van der Waals surface area contributed by atoms with Gasteiger partial charge in [0.1, 0.15) is 0 Å². The van der Waals surface area contributed by atoms with Crippen LogP contribution in [0.4, 0.5) is 26.3 Å². The molecular weight excluding hydrogens is 376 g/mol. The van der Waals surface area contributed by atoms with Gasteiger partial charge in [0.2, 0.25) is 0 Å². The van der Waals surface area contributed by atoms with Gasteiger partial charge < -0.3 is 10.2 Å². The number of carbonyl (C=O) groups is 1. The van der Waals surface area contributed by atoms with Gasteiger partial charge in [-0.05, 0) is 24.6 Å². The SMILES string of the molecule is O=C(c1cc(C(F)(F)F)cc(C(F)(F)F)c1)N1CCC(N2CCNCC2)C1. The summed E-state index contributed by atoms with van der Waals surface area (Å²) in [6.07, 6.45) is -9.29. The highest BCUT2D eigenvalue weighted by atomic mass is 19.4. The number of nitrogens with zero attached hydrogens (tertiary/aromatic N) is 2. The Labute approximate surface area is 152 Å². The molecule has 150 valence electrons. The number of likely N-dealkylation sites (tertiary alicyclic amines) is 1. The molecule has 0 aliphatic carbocycles. The first-order valence-corrected chi connectivity index (χ1v) is 8.59. The van der Waals surface area contributed by atoms with E-state index in [1.165, 1.54) is 4.90 Å². The van der Waals surface area contributed by atoms with Gasteiger partial charge in [-0.25, -0.2) is 0 Å². The van der Waals surface area contributed by atoms with Crippen molar-refractivity contribution in [1.82, 2.24) is 15.1 Å². The summed E-state index contributed by atoms with van der Waals surface area (Å²) in [6.45, 7) is 3.84. The van der Waals surface area contributed by atoms with Crippen molar-refractivity contribution in [3.63, 3.8) is 0 Å². The second-order valence-corrected chi connectivity index (χ2v) is 6.77. The predicted octanol–water partition coefficient (Wildman–Crippen LogP) is 2.84. The normalized spacial score (nSPS) is 22.3. The molecule has 10 heteroatoms. The Morgan fingerprint density at radius 1 is 0.926 bits per heavy atom. The van der Waals surface area contributed by atoms with E-state index in [1.807, 2.05) is 0 Å². The van der Waals surface area contributed by atoms with Crippen LogP contribution in [-0.4, -0.2) is 61.0 Å². The average Bonchev–Trinajstić information content (AvgIpc) is 3.10. The van der Waals surface area contributed by atoms with Gasteiger partial charge in [-0.15, -0.1) is 0 Å². The molecule has 1 aromatic carbocycles. The van der Waals surface area contributed by atoms with E-state index in [1.54, 1.807) is 0 Å². The van der Waals surface area contributed by atoms with Crippen LogP contribution in [0.3, 0.4) is 0 Å². The van der Waals surface area contributed by atoms with Crippen molar-refractivity contribution in [2.75, 3.05) is 39.3 Å². The number of halogens is 6. The lowest BCUT2D eigenvalue weighted by Crippen LogP contribution is -2.49. The molecule has 1 amide bonds. The largest absolute Gasteiger partial charge is 0.416 e. The zero-order chi connectivity index (χ0) is 19.8. The van der Waals surface area contributed by atoms with Gasteiger partial charge in [-0.3, -0.25) is 9.69 Å². The summed E-state index contributed by atoms with van der Waals surface area (Å²) >= 11 is 0. The lowest BCUT2D eigenvalue weighted by atomic mass is 10.0. The Balaban J connectivity index is 1.81. The van der Waals surface area contributed by atoms with Crippen molar-refractivity contribution in [3.05, 3.63) is 34.9 Å². The maximum Gasteiger partial charge on any atom is 0.416 e. The number of rotatable bonds is 2. The molecule has 3 rings (SSSR count). The summed E-state index contributed by atoms with van der Waals surface area (Å²) in [4.78, 5) is 16.1. The van der Waals surface area contributed by atoms with Crippen molar-refractivity contribution < 1.29 is 31.1 Å². The van der Waals surface area contributed by atoms with E-state index in [0.29, 0.717) is 31.6 Å². The van der Waals surface area contributed by atoms with Crippen LogP contribution in [0.1, 0.15) is 27.9 Å². The fraction of sp³-hybridized carbons (Fsp3) is 0.588. The topological polar surface area (TPSA) is 35.6 Å². The molecule has 2 aliphatic rings. The average molecular weight is 395 g/mol. The fourth-order valence-electron chi connectivity index (χ4n) is 3.53. The fourth-order valence-corrected chi connectivity index (χ4v) is 3.53. The molecule has 2 fully saturated rings. The molecule has 1 unspecified atom stereocenters. The number of amides is 1. The summed E-state index contributed by atoms with van der Waals surface area (Å²) in [7, 11) is 0. The van der Waals surface area contributed by atoms with E-state index in [4.69, 9.17) is 0 Å². The molecular formula is C17H19F6N3O. The van der Waals surface area contributed by atoms with Gasteiger partial charge in [0.15, 0.2) is 0 Å². The van der Waals surface area contributed by atoms with E-state index >= 15 is 0 Å². The minimum absolute atomic E-state index is 0.0320. The molecule has 4 nitrogen and oxygen atoms in total. The number of carbonyl (C=O) groups excluding carboxylic acids is 1. The van der Waals surface area contributed by atoms with E-state index in [0.717, 1.165) is 26.2 Å². The molecule has 0 bridgehead atoms. The van der Waals surface area contributed by atoms with Crippen LogP contribution < -0.4 is 5.32 Å². The number of alkyl halides is 6. The van der Waals surface area contributed by atoms with Crippen LogP contribution in [0.5, 0.6) is 0 Å². The van der Waals surface area contributed by atoms with Crippen molar-refractivity contribution in [1.29, 1.82) is 0 Å². The standard InChI is InChI=1S/C17H19F6N3O/c18-16(19,20)12-7-11(8-13(9-12)17(21,22)23)15(27)26-4-1-14(10-26)25-5-2-24-3-6-25/h7-9,14,24H,1-6,10H2. The smallest absolute Gasteiger partial charge is 0.337 e. The van der Waals surface area contributed by atoms with Crippen LogP contribution in [-0.2, 0) is 12.4 Å². The first-order chi connectivity index (χ1) is 12.6. The minimum atomic E-state index is -4.97. The second kappa shape index (κ2) is 7.31. The van der Waals surface area contributed by atoms with Crippen LogP contribution >= 0.6 is 0 Å². The van der Waals surface area contributed by atoms with Crippen molar-refractivity contribution in [3.8, 4) is 0 Å². The highest BCUT2D eigenvalue weighted by Gasteiger charge is 2.39. The van der Waals surface area contributed by atoms with Crippen molar-refractivity contribution >= 4 is 5.91 Å². The zero-order valence-electron chi connectivity index (χ0n) is 14.3. The lowest BCUT2D eigenvalue weighted by Gasteiger charge is -2.32. The molecule has 1 N–H and O–H groups in total. The third-order valence-corrected chi connectivity index (χ3v) is 4.95. The van der Waals surface area contributed by atoms with E-state index in [9.17, 15) is 31.1 Å². The molecule has 2 heterocycles. The molecule has 2 aliphatic heterocycles. The molecule has 0 radical (unpaired) electrons. The molecule has 0 saturated carbocycles. The van der Waals surface area contributed by atoms with Gasteiger partial charge >= 0.3 is 12.4 Å². The summed E-state index contributed by atoms with van der Waals surface area (Å²) < 4.78 is 77.9. The van der Waals surface area contributed by atoms with E-state index < -0.39 is 35.0 Å². The first kappa shape index (κ1) is 19.9. The molecule has 2 saturated heterocycles. The Hall–Kier alpha value is -1.81. The van der Waals surface area contributed by atoms with Gasteiger partial charge in [-0.2, -0.15) is 26.3 Å². The Kier molecular flexibility index (Phi) is 5.40. The van der Waals surface area contributed by atoms with Gasteiger partial charge in [0, 0.05) is 50.9 Å². The van der Waals surface area contributed by atoms with Gasteiger partial charge in [0.25, 0.3) is 5.91 Å². The summed E-state index contributed by atoms with van der Waals surface area (Å²) in [5, 5.41) is 3.20. The van der Waals surface area contributed by atoms with Crippen LogP contribution in [0.2, 0.25) is 0 Å². The number of nitrogens with one attached hydrogen (secondary N) is 1. The van der Waals surface area contributed by atoms with Crippen LogP contribution in [0.25, 0.3) is 0 Å². The van der Waals surface area contributed by atoms with E-state index in [-0.39, 0.29) is 12.1 Å². The summed E-state index contributed by atoms with van der Waals surface area (Å²) in [6, 6.07) is 1.10. The molecule has 1 aromatic rings. The molecule has 1 atom stereocenters. The number of hydrogen-bond donors (Lipinski definition) is 1. The number of hydrogen-bond acceptors (Lipinski definition) is 3. The third kappa shape index (κ3) is 4.55. The highest BCUT2D eigenvalue weighted by molar-refractivity contribution is 5.95. The van der Waals surface area contributed by atoms with Crippen LogP contribution in [0.15, 0.2) is 18.2 Å².